The van der Waals surface area contributed by atoms with Crippen molar-refractivity contribution in [1.82, 2.24) is 9.97 Å². The van der Waals surface area contributed by atoms with Gasteiger partial charge in [0, 0.05) is 10.6 Å². The number of methoxy groups -OCH3 is 1. The molecule has 1 aromatic heterocycles. The third-order valence-electron chi connectivity index (χ3n) is 4.23. The highest BCUT2D eigenvalue weighted by molar-refractivity contribution is 7.85. The van der Waals surface area contributed by atoms with E-state index >= 15 is 0 Å². The second-order valence-electron chi connectivity index (χ2n) is 5.90. The van der Waals surface area contributed by atoms with Gasteiger partial charge < -0.3 is 9.72 Å². The molecule has 1 amide bonds. The van der Waals surface area contributed by atoms with E-state index in [9.17, 15) is 9.00 Å². The number of benzene rings is 1. The van der Waals surface area contributed by atoms with Crippen LogP contribution in [0.1, 0.15) is 32.1 Å². The number of aromatic amines is 1. The monoisotopic (exact) mass is 335 g/mol. The number of aromatic nitrogens is 2. The Morgan fingerprint density at radius 3 is 2.91 bits per heavy atom. The highest BCUT2D eigenvalue weighted by Crippen LogP contribution is 2.26. The van der Waals surface area contributed by atoms with Crippen molar-refractivity contribution in [3.05, 3.63) is 18.2 Å². The Bertz CT molecular complexity index is 722. The first kappa shape index (κ1) is 16.0. The Morgan fingerprint density at radius 1 is 1.39 bits per heavy atom. The van der Waals surface area contributed by atoms with E-state index < -0.39 is 16.9 Å². The molecule has 1 unspecified atom stereocenters. The van der Waals surface area contributed by atoms with Gasteiger partial charge in [-0.3, -0.25) is 9.53 Å². The van der Waals surface area contributed by atoms with Crippen molar-refractivity contribution in [2.24, 2.45) is 5.92 Å². The number of nitrogens with zero attached hydrogens (tertiary/aromatic N) is 1. The van der Waals surface area contributed by atoms with Gasteiger partial charge in [-0.1, -0.05) is 19.3 Å². The Balaban J connectivity index is 1.73. The number of carbonyl (C=O) groups excluding carboxylic acids is 1. The van der Waals surface area contributed by atoms with E-state index in [1.807, 2.05) is 18.2 Å². The van der Waals surface area contributed by atoms with Crippen molar-refractivity contribution in [1.29, 1.82) is 0 Å². The zero-order chi connectivity index (χ0) is 16.2. The third-order valence-corrected chi connectivity index (χ3v) is 5.79. The van der Waals surface area contributed by atoms with Gasteiger partial charge in [-0.25, -0.2) is 9.78 Å². The number of nitrogens with one attached hydrogen (secondary N) is 2. The number of anilines is 1. The molecule has 0 bridgehead atoms. The van der Waals surface area contributed by atoms with Gasteiger partial charge in [-0.2, -0.15) is 0 Å². The standard InChI is InChI=1S/C16H21N3O3S/c1-22-16(20)19-15-17-13-8-7-12(9-14(13)18-15)23(21)10-11-5-3-2-4-6-11/h7-9,11H,2-6,10H2,1H3,(H2,17,18,19,20). The fourth-order valence-electron chi connectivity index (χ4n) is 3.00. The number of carbonyl (C=O) groups is 1. The van der Waals surface area contributed by atoms with Gasteiger partial charge in [-0.15, -0.1) is 0 Å². The second-order valence-corrected chi connectivity index (χ2v) is 7.39. The Kier molecular flexibility index (Phi) is 4.95. The summed E-state index contributed by atoms with van der Waals surface area (Å²) < 4.78 is 17.1. The molecule has 1 saturated carbocycles. The molecule has 6 nitrogen and oxygen atoms in total. The Labute approximate surface area is 137 Å². The minimum absolute atomic E-state index is 0.321. The van der Waals surface area contributed by atoms with Crippen LogP contribution in [-0.4, -0.2) is 33.1 Å². The van der Waals surface area contributed by atoms with Crippen LogP contribution in [0.15, 0.2) is 23.1 Å². The minimum Gasteiger partial charge on any atom is -0.453 e. The van der Waals surface area contributed by atoms with Crippen LogP contribution in [0.4, 0.5) is 10.7 Å². The summed E-state index contributed by atoms with van der Waals surface area (Å²) in [5.41, 5.74) is 1.47. The minimum atomic E-state index is -1.000. The van der Waals surface area contributed by atoms with Crippen LogP contribution >= 0.6 is 0 Å². The largest absolute Gasteiger partial charge is 0.453 e. The van der Waals surface area contributed by atoms with Gasteiger partial charge in [0.05, 0.1) is 28.9 Å². The summed E-state index contributed by atoms with van der Waals surface area (Å²) in [6, 6.07) is 5.52. The lowest BCUT2D eigenvalue weighted by atomic mass is 9.91. The number of rotatable bonds is 4. The number of amides is 1. The Hall–Kier alpha value is -1.89. The van der Waals surface area contributed by atoms with E-state index in [-0.39, 0.29) is 0 Å². The summed E-state index contributed by atoms with van der Waals surface area (Å²) in [5.74, 6) is 1.62. The maximum Gasteiger partial charge on any atom is 0.413 e. The molecule has 124 valence electrons. The molecule has 1 fully saturated rings. The van der Waals surface area contributed by atoms with Crippen molar-refractivity contribution in [2.75, 3.05) is 18.2 Å². The molecular weight excluding hydrogens is 314 g/mol. The van der Waals surface area contributed by atoms with Crippen molar-refractivity contribution < 1.29 is 13.7 Å². The molecule has 0 radical (unpaired) electrons. The van der Waals surface area contributed by atoms with Gasteiger partial charge in [-0.05, 0) is 37.0 Å². The zero-order valence-corrected chi connectivity index (χ0v) is 13.9. The zero-order valence-electron chi connectivity index (χ0n) is 13.1. The third kappa shape index (κ3) is 3.90. The molecule has 1 aromatic carbocycles. The molecular formula is C16H21N3O3S. The van der Waals surface area contributed by atoms with Crippen LogP contribution in [0, 0.1) is 5.92 Å². The van der Waals surface area contributed by atoms with E-state index in [0.717, 1.165) is 21.7 Å². The van der Waals surface area contributed by atoms with Gasteiger partial charge in [0.1, 0.15) is 0 Å². The van der Waals surface area contributed by atoms with E-state index in [2.05, 4.69) is 20.0 Å². The van der Waals surface area contributed by atoms with Crippen molar-refractivity contribution in [3.8, 4) is 0 Å². The number of hydrogen-bond donors (Lipinski definition) is 2. The van der Waals surface area contributed by atoms with Crippen LogP contribution in [0.2, 0.25) is 0 Å². The molecule has 0 aliphatic heterocycles. The molecule has 3 rings (SSSR count). The average Bonchev–Trinajstić information content (AvgIpc) is 2.96. The summed E-state index contributed by atoms with van der Waals surface area (Å²) in [5, 5.41) is 2.49. The van der Waals surface area contributed by atoms with E-state index in [4.69, 9.17) is 0 Å². The van der Waals surface area contributed by atoms with Gasteiger partial charge >= 0.3 is 6.09 Å². The van der Waals surface area contributed by atoms with E-state index in [1.54, 1.807) is 0 Å². The topological polar surface area (TPSA) is 84.1 Å². The summed E-state index contributed by atoms with van der Waals surface area (Å²) in [7, 11) is 0.296. The van der Waals surface area contributed by atoms with Gasteiger partial charge in [0.25, 0.3) is 0 Å². The molecule has 7 heteroatoms. The van der Waals surface area contributed by atoms with Gasteiger partial charge in [0.15, 0.2) is 0 Å². The number of ether oxygens (including phenoxy) is 1. The highest BCUT2D eigenvalue weighted by atomic mass is 32.2. The lowest BCUT2D eigenvalue weighted by Gasteiger charge is -2.20. The Morgan fingerprint density at radius 2 is 2.17 bits per heavy atom. The van der Waals surface area contributed by atoms with Crippen LogP contribution in [0.5, 0.6) is 0 Å². The first-order valence-corrected chi connectivity index (χ1v) is 9.20. The molecule has 1 heterocycles. The van der Waals surface area contributed by atoms with Crippen LogP contribution in [0.3, 0.4) is 0 Å². The normalized spacial score (nSPS) is 17.1. The summed E-state index contributed by atoms with van der Waals surface area (Å²) >= 11 is 0. The molecule has 1 aliphatic rings. The summed E-state index contributed by atoms with van der Waals surface area (Å²) in [6.45, 7) is 0. The number of hydrogen-bond acceptors (Lipinski definition) is 4. The van der Waals surface area contributed by atoms with Crippen LogP contribution in [0.25, 0.3) is 11.0 Å². The molecule has 2 N–H and O–H groups in total. The maximum atomic E-state index is 12.6. The molecule has 23 heavy (non-hydrogen) atoms. The number of H-pyrrole nitrogens is 1. The first-order valence-electron chi connectivity index (χ1n) is 7.89. The summed E-state index contributed by atoms with van der Waals surface area (Å²) in [6.07, 6.45) is 5.61. The fourth-order valence-corrected chi connectivity index (χ4v) is 4.42. The SMILES string of the molecule is COC(=O)Nc1nc2ccc(S(=O)CC3CCCCC3)cc2[nH]1. The maximum absolute atomic E-state index is 12.6. The second kappa shape index (κ2) is 7.12. The first-order chi connectivity index (χ1) is 11.2. The number of fused-ring (bicyclic) bond motifs is 1. The van der Waals surface area contributed by atoms with Gasteiger partial charge in [0.2, 0.25) is 5.95 Å². The van der Waals surface area contributed by atoms with Crippen molar-refractivity contribution >= 4 is 33.9 Å². The van der Waals surface area contributed by atoms with Crippen LogP contribution in [-0.2, 0) is 15.5 Å². The van der Waals surface area contributed by atoms with E-state index in [1.165, 1.54) is 39.2 Å². The number of imidazole rings is 1. The highest BCUT2D eigenvalue weighted by Gasteiger charge is 2.18. The van der Waals surface area contributed by atoms with E-state index in [0.29, 0.717) is 11.9 Å². The van der Waals surface area contributed by atoms with Crippen molar-refractivity contribution in [3.63, 3.8) is 0 Å². The fraction of sp³-hybridized carbons (Fsp3) is 0.500. The molecule has 1 atom stereocenters. The molecule has 0 saturated heterocycles. The predicted octanol–water partition coefficient (Wildman–Crippen LogP) is 3.43. The van der Waals surface area contributed by atoms with Crippen molar-refractivity contribution in [2.45, 2.75) is 37.0 Å². The average molecular weight is 335 g/mol. The smallest absolute Gasteiger partial charge is 0.413 e. The molecule has 1 aliphatic carbocycles. The molecule has 2 aromatic rings. The predicted molar refractivity (Wildman–Crippen MR) is 90.0 cm³/mol. The lowest BCUT2D eigenvalue weighted by Crippen LogP contribution is -2.14. The summed E-state index contributed by atoms with van der Waals surface area (Å²) in [4.78, 5) is 19.3. The molecule has 0 spiro atoms. The quantitative estimate of drug-likeness (QED) is 0.896. The van der Waals surface area contributed by atoms with Crippen LogP contribution < -0.4 is 5.32 Å². The lowest BCUT2D eigenvalue weighted by molar-refractivity contribution is 0.186.